The van der Waals surface area contributed by atoms with Crippen LogP contribution in [-0.4, -0.2) is 35.8 Å². The number of piperidine rings is 1. The second kappa shape index (κ2) is 7.09. The molecule has 0 aliphatic carbocycles. The van der Waals surface area contributed by atoms with Gasteiger partial charge in [-0.3, -0.25) is 9.59 Å². The number of aryl methyl sites for hydroxylation is 1. The fraction of sp³-hybridized carbons (Fsp3) is 0.333. The van der Waals surface area contributed by atoms with Gasteiger partial charge in [0, 0.05) is 24.7 Å². The molecule has 1 aromatic carbocycles. The molecular formula is C18H19ClN2O3. The Kier molecular flexibility index (Phi) is 4.90. The molecule has 0 radical (unpaired) electrons. The third-order valence-electron chi connectivity index (χ3n) is 4.21. The molecule has 1 aliphatic heterocycles. The average Bonchev–Trinajstić information content (AvgIpc) is 3.02. The minimum absolute atomic E-state index is 0.0310. The van der Waals surface area contributed by atoms with Crippen LogP contribution < -0.4 is 5.32 Å². The number of rotatable bonds is 3. The smallest absolute Gasteiger partial charge is 0.287 e. The molecule has 1 saturated heterocycles. The SMILES string of the molecule is Cc1ccc(C(=O)N2CCC(NC(=O)c3ccc(Cl)o3)CC2)cc1. The van der Waals surface area contributed by atoms with Crippen LogP contribution in [0.4, 0.5) is 0 Å². The van der Waals surface area contributed by atoms with Gasteiger partial charge in [0.25, 0.3) is 11.8 Å². The summed E-state index contributed by atoms with van der Waals surface area (Å²) in [6.07, 6.45) is 1.44. The highest BCUT2D eigenvalue weighted by molar-refractivity contribution is 6.29. The maximum absolute atomic E-state index is 12.5. The molecule has 6 heteroatoms. The Balaban J connectivity index is 1.53. The number of hydrogen-bond donors (Lipinski definition) is 1. The van der Waals surface area contributed by atoms with Gasteiger partial charge in [-0.1, -0.05) is 17.7 Å². The fourth-order valence-corrected chi connectivity index (χ4v) is 2.94. The van der Waals surface area contributed by atoms with Crippen LogP contribution in [0.2, 0.25) is 5.22 Å². The quantitative estimate of drug-likeness (QED) is 0.927. The largest absolute Gasteiger partial charge is 0.440 e. The fourth-order valence-electron chi connectivity index (χ4n) is 2.80. The van der Waals surface area contributed by atoms with E-state index in [4.69, 9.17) is 16.0 Å². The van der Waals surface area contributed by atoms with Crippen molar-refractivity contribution in [3.63, 3.8) is 0 Å². The van der Waals surface area contributed by atoms with Crippen molar-refractivity contribution in [2.24, 2.45) is 0 Å². The van der Waals surface area contributed by atoms with Crippen molar-refractivity contribution in [2.75, 3.05) is 13.1 Å². The zero-order valence-electron chi connectivity index (χ0n) is 13.4. The van der Waals surface area contributed by atoms with E-state index in [-0.39, 0.29) is 28.8 Å². The van der Waals surface area contributed by atoms with Crippen LogP contribution in [-0.2, 0) is 0 Å². The Morgan fingerprint density at radius 2 is 1.79 bits per heavy atom. The van der Waals surface area contributed by atoms with E-state index in [0.717, 1.165) is 18.4 Å². The molecule has 24 heavy (non-hydrogen) atoms. The Morgan fingerprint density at radius 3 is 2.38 bits per heavy atom. The number of carbonyl (C=O) groups excluding carboxylic acids is 2. The number of nitrogens with one attached hydrogen (secondary N) is 1. The summed E-state index contributed by atoms with van der Waals surface area (Å²) in [5, 5.41) is 3.12. The molecule has 0 unspecified atom stereocenters. The monoisotopic (exact) mass is 346 g/mol. The lowest BCUT2D eigenvalue weighted by Gasteiger charge is -2.32. The first-order valence-electron chi connectivity index (χ1n) is 7.95. The molecule has 1 aromatic heterocycles. The van der Waals surface area contributed by atoms with Crippen LogP contribution in [0.1, 0.15) is 39.3 Å². The van der Waals surface area contributed by atoms with E-state index in [1.807, 2.05) is 36.1 Å². The van der Waals surface area contributed by atoms with Crippen LogP contribution in [0.5, 0.6) is 0 Å². The average molecular weight is 347 g/mol. The molecule has 2 aromatic rings. The number of halogens is 1. The van der Waals surface area contributed by atoms with Crippen molar-refractivity contribution in [1.29, 1.82) is 0 Å². The topological polar surface area (TPSA) is 62.6 Å². The number of amides is 2. The molecule has 1 fully saturated rings. The molecule has 0 atom stereocenters. The molecular weight excluding hydrogens is 328 g/mol. The molecule has 2 heterocycles. The van der Waals surface area contributed by atoms with Crippen LogP contribution >= 0.6 is 11.6 Å². The molecule has 0 spiro atoms. The Bertz CT molecular complexity index is 731. The molecule has 5 nitrogen and oxygen atoms in total. The van der Waals surface area contributed by atoms with Crippen molar-refractivity contribution in [3.05, 3.63) is 58.5 Å². The van der Waals surface area contributed by atoms with Crippen LogP contribution in [0.3, 0.4) is 0 Å². The van der Waals surface area contributed by atoms with Crippen molar-refractivity contribution in [3.8, 4) is 0 Å². The first-order chi connectivity index (χ1) is 11.5. The summed E-state index contributed by atoms with van der Waals surface area (Å²) < 4.78 is 5.10. The van der Waals surface area contributed by atoms with Crippen molar-refractivity contribution in [1.82, 2.24) is 10.2 Å². The van der Waals surface area contributed by atoms with Gasteiger partial charge in [0.1, 0.15) is 0 Å². The molecule has 126 valence electrons. The van der Waals surface area contributed by atoms with Gasteiger partial charge < -0.3 is 14.6 Å². The number of benzene rings is 1. The Hall–Kier alpha value is -2.27. The molecule has 0 bridgehead atoms. The number of likely N-dealkylation sites (tertiary alicyclic amines) is 1. The first kappa shape index (κ1) is 16.6. The van der Waals surface area contributed by atoms with E-state index in [1.165, 1.54) is 0 Å². The molecule has 3 rings (SSSR count). The highest BCUT2D eigenvalue weighted by Gasteiger charge is 2.25. The standard InChI is InChI=1S/C18H19ClN2O3/c1-12-2-4-13(5-3-12)18(23)21-10-8-14(9-11-21)20-17(22)15-6-7-16(19)24-15/h2-7,14H,8-11H2,1H3,(H,20,22). The number of carbonyl (C=O) groups is 2. The highest BCUT2D eigenvalue weighted by Crippen LogP contribution is 2.17. The maximum atomic E-state index is 12.5. The second-order valence-electron chi connectivity index (χ2n) is 6.01. The van der Waals surface area contributed by atoms with E-state index in [9.17, 15) is 9.59 Å². The van der Waals surface area contributed by atoms with Gasteiger partial charge >= 0.3 is 0 Å². The van der Waals surface area contributed by atoms with E-state index >= 15 is 0 Å². The summed E-state index contributed by atoms with van der Waals surface area (Å²) >= 11 is 5.68. The predicted molar refractivity (Wildman–Crippen MR) is 91.3 cm³/mol. The van der Waals surface area contributed by atoms with Gasteiger partial charge in [-0.2, -0.15) is 0 Å². The van der Waals surface area contributed by atoms with Crippen LogP contribution in [0.25, 0.3) is 0 Å². The summed E-state index contributed by atoms with van der Waals surface area (Å²) in [5.74, 6) is -0.0269. The second-order valence-corrected chi connectivity index (χ2v) is 6.38. The van der Waals surface area contributed by atoms with E-state index in [0.29, 0.717) is 18.7 Å². The Labute approximate surface area is 145 Å². The number of furan rings is 1. The lowest BCUT2D eigenvalue weighted by atomic mass is 10.0. The van der Waals surface area contributed by atoms with Gasteiger partial charge in [0.05, 0.1) is 0 Å². The van der Waals surface area contributed by atoms with Gasteiger partial charge in [0.15, 0.2) is 11.0 Å². The van der Waals surface area contributed by atoms with Crippen molar-refractivity contribution in [2.45, 2.75) is 25.8 Å². The highest BCUT2D eigenvalue weighted by atomic mass is 35.5. The van der Waals surface area contributed by atoms with Crippen LogP contribution in [0, 0.1) is 6.92 Å². The number of nitrogens with zero attached hydrogens (tertiary/aromatic N) is 1. The van der Waals surface area contributed by atoms with Crippen molar-refractivity contribution < 1.29 is 14.0 Å². The summed E-state index contributed by atoms with van der Waals surface area (Å²) in [5.41, 5.74) is 1.83. The summed E-state index contributed by atoms with van der Waals surface area (Å²) in [6.45, 7) is 3.24. The zero-order chi connectivity index (χ0) is 17.1. The maximum Gasteiger partial charge on any atom is 0.287 e. The van der Waals surface area contributed by atoms with Gasteiger partial charge in [-0.25, -0.2) is 0 Å². The third kappa shape index (κ3) is 3.79. The van der Waals surface area contributed by atoms with E-state index < -0.39 is 0 Å². The predicted octanol–water partition coefficient (Wildman–Crippen LogP) is 3.28. The van der Waals surface area contributed by atoms with Gasteiger partial charge in [-0.15, -0.1) is 0 Å². The summed E-state index contributed by atoms with van der Waals surface area (Å²) in [7, 11) is 0. The molecule has 0 saturated carbocycles. The summed E-state index contributed by atoms with van der Waals surface area (Å²) in [6, 6.07) is 10.7. The van der Waals surface area contributed by atoms with Gasteiger partial charge in [0.2, 0.25) is 0 Å². The molecule has 2 amide bonds. The zero-order valence-corrected chi connectivity index (χ0v) is 14.2. The molecule has 1 N–H and O–H groups in total. The van der Waals surface area contributed by atoms with Crippen LogP contribution in [0.15, 0.2) is 40.8 Å². The minimum atomic E-state index is -0.273. The third-order valence-corrected chi connectivity index (χ3v) is 4.42. The molecule has 1 aliphatic rings. The van der Waals surface area contributed by atoms with Crippen molar-refractivity contribution >= 4 is 23.4 Å². The van der Waals surface area contributed by atoms with E-state index in [1.54, 1.807) is 12.1 Å². The Morgan fingerprint density at radius 1 is 1.12 bits per heavy atom. The lowest BCUT2D eigenvalue weighted by molar-refractivity contribution is 0.0695. The normalized spacial score (nSPS) is 15.3. The minimum Gasteiger partial charge on any atom is -0.440 e. The van der Waals surface area contributed by atoms with E-state index in [2.05, 4.69) is 5.32 Å². The summed E-state index contributed by atoms with van der Waals surface area (Å²) in [4.78, 5) is 26.4. The number of hydrogen-bond acceptors (Lipinski definition) is 3. The lowest BCUT2D eigenvalue weighted by Crippen LogP contribution is -2.46. The first-order valence-corrected chi connectivity index (χ1v) is 8.33. The van der Waals surface area contributed by atoms with Gasteiger partial charge in [-0.05, 0) is 55.6 Å².